The molecule has 0 spiro atoms. The number of barbiturate groups is 1. The van der Waals surface area contributed by atoms with E-state index in [2.05, 4.69) is 12.3 Å². The molecule has 13 heavy (non-hydrogen) atoms. The molecule has 0 atom stereocenters. The number of hydrogen-bond donors (Lipinski definition) is 1. The van der Waals surface area contributed by atoms with Crippen molar-refractivity contribution in [2.24, 2.45) is 0 Å². The lowest BCUT2D eigenvalue weighted by Crippen LogP contribution is -2.53. The molecular formula is C8H8N2O3. The number of imide groups is 2. The van der Waals surface area contributed by atoms with Crippen molar-refractivity contribution < 1.29 is 14.4 Å². The van der Waals surface area contributed by atoms with Crippen LogP contribution in [0, 0.1) is 0 Å². The molecule has 5 heteroatoms. The number of nitrogens with one attached hydrogen (secondary N) is 1. The molecule has 0 aromatic carbocycles. The molecule has 1 heterocycles. The summed E-state index contributed by atoms with van der Waals surface area (Å²) in [6, 6.07) is -0.698. The number of urea groups is 1. The highest BCUT2D eigenvalue weighted by molar-refractivity contribution is 6.28. The Morgan fingerprint density at radius 1 is 1.46 bits per heavy atom. The summed E-state index contributed by atoms with van der Waals surface area (Å²) in [6.45, 7) is 5.04. The number of nitrogens with zero attached hydrogens (tertiary/aromatic N) is 1. The maximum Gasteiger partial charge on any atom is 0.331 e. The summed E-state index contributed by atoms with van der Waals surface area (Å²) in [4.78, 5) is 34.2. The molecule has 0 aromatic heterocycles. The normalized spacial score (nSPS) is 17.2. The Bertz CT molecular complexity index is 339. The minimum absolute atomic E-state index is 0.211. The third-order valence-electron chi connectivity index (χ3n) is 1.64. The van der Waals surface area contributed by atoms with Crippen molar-refractivity contribution in [1.29, 1.82) is 0 Å². The van der Waals surface area contributed by atoms with E-state index < -0.39 is 17.8 Å². The molecule has 0 saturated carbocycles. The van der Waals surface area contributed by atoms with Gasteiger partial charge in [-0.25, -0.2) is 4.79 Å². The Labute approximate surface area is 74.7 Å². The molecule has 0 unspecified atom stereocenters. The molecule has 1 fully saturated rings. The Morgan fingerprint density at radius 2 is 2.08 bits per heavy atom. The fourth-order valence-corrected chi connectivity index (χ4v) is 0.995. The van der Waals surface area contributed by atoms with Crippen molar-refractivity contribution in [2.75, 3.05) is 6.54 Å². The van der Waals surface area contributed by atoms with Gasteiger partial charge in [-0.05, 0) is 6.92 Å². The van der Waals surface area contributed by atoms with Gasteiger partial charge in [-0.1, -0.05) is 6.58 Å². The summed E-state index contributed by atoms with van der Waals surface area (Å²) in [5.41, 5.74) is 1.98. The zero-order valence-electron chi connectivity index (χ0n) is 7.09. The van der Waals surface area contributed by atoms with E-state index in [1.54, 1.807) is 6.92 Å². The van der Waals surface area contributed by atoms with Gasteiger partial charge in [-0.3, -0.25) is 19.8 Å². The number of carbonyl (C=O) groups excluding carboxylic acids is 3. The fourth-order valence-electron chi connectivity index (χ4n) is 0.995. The quantitative estimate of drug-likeness (QED) is 0.345. The zero-order chi connectivity index (χ0) is 10.0. The van der Waals surface area contributed by atoms with Crippen LogP contribution in [-0.2, 0) is 9.59 Å². The summed E-state index contributed by atoms with van der Waals surface area (Å²) in [6.07, 6.45) is 0. The van der Waals surface area contributed by atoms with Crippen molar-refractivity contribution in [3.05, 3.63) is 17.9 Å². The topological polar surface area (TPSA) is 66.5 Å². The fraction of sp³-hybridized carbons (Fsp3) is 0.250. The lowest BCUT2D eigenvalue weighted by Gasteiger charge is -2.23. The highest BCUT2D eigenvalue weighted by atomic mass is 16.2. The van der Waals surface area contributed by atoms with Crippen molar-refractivity contribution in [1.82, 2.24) is 10.2 Å². The summed E-state index contributed by atoms with van der Waals surface area (Å²) in [5, 5.41) is 2.00. The van der Waals surface area contributed by atoms with Gasteiger partial charge in [-0.2, -0.15) is 0 Å². The summed E-state index contributed by atoms with van der Waals surface area (Å²) in [7, 11) is 0. The minimum atomic E-state index is -0.741. The second kappa shape index (κ2) is 3.25. The van der Waals surface area contributed by atoms with Gasteiger partial charge >= 0.3 is 6.03 Å². The summed E-state index contributed by atoms with van der Waals surface area (Å²) in [5.74, 6) is -1.39. The van der Waals surface area contributed by atoms with Gasteiger partial charge < -0.3 is 0 Å². The summed E-state index contributed by atoms with van der Waals surface area (Å²) >= 11 is 0. The lowest BCUT2D eigenvalue weighted by atomic mass is 10.2. The van der Waals surface area contributed by atoms with E-state index in [-0.39, 0.29) is 12.1 Å². The predicted octanol–water partition coefficient (Wildman–Crippen LogP) is -0.204. The number of amides is 4. The smallest absolute Gasteiger partial charge is 0.273 e. The molecule has 1 rings (SSSR count). The van der Waals surface area contributed by atoms with E-state index in [1.165, 1.54) is 0 Å². The van der Waals surface area contributed by atoms with Crippen LogP contribution >= 0.6 is 0 Å². The lowest BCUT2D eigenvalue weighted by molar-refractivity contribution is -0.130. The maximum absolute atomic E-state index is 11.3. The molecule has 4 amide bonds. The molecule has 0 aliphatic carbocycles. The van der Waals surface area contributed by atoms with E-state index in [0.29, 0.717) is 0 Å². The van der Waals surface area contributed by atoms with Crippen molar-refractivity contribution in [3.8, 4) is 0 Å². The van der Waals surface area contributed by atoms with Crippen LogP contribution < -0.4 is 5.32 Å². The van der Waals surface area contributed by atoms with Crippen LogP contribution in [0.3, 0.4) is 0 Å². The molecule has 0 aromatic rings. The van der Waals surface area contributed by atoms with E-state index in [9.17, 15) is 14.4 Å². The first kappa shape index (κ1) is 9.22. The van der Waals surface area contributed by atoms with Gasteiger partial charge in [0.05, 0.1) is 0 Å². The van der Waals surface area contributed by atoms with Crippen molar-refractivity contribution in [2.45, 2.75) is 6.92 Å². The van der Waals surface area contributed by atoms with E-state index >= 15 is 0 Å². The van der Waals surface area contributed by atoms with Gasteiger partial charge in [0.1, 0.15) is 5.57 Å². The zero-order valence-corrected chi connectivity index (χ0v) is 7.09. The number of hydrogen-bond acceptors (Lipinski definition) is 3. The van der Waals surface area contributed by atoms with Crippen LogP contribution in [0.15, 0.2) is 17.9 Å². The number of carbonyl (C=O) groups is 3. The first-order valence-electron chi connectivity index (χ1n) is 3.69. The highest BCUT2D eigenvalue weighted by Crippen LogP contribution is 2.06. The largest absolute Gasteiger partial charge is 0.331 e. The average Bonchev–Trinajstić information content (AvgIpc) is 2.04. The number of rotatable bonds is 1. The van der Waals surface area contributed by atoms with Crippen LogP contribution in [0.1, 0.15) is 6.92 Å². The van der Waals surface area contributed by atoms with Crippen LogP contribution in [0.4, 0.5) is 4.79 Å². The molecule has 1 aliphatic rings. The Balaban J connectivity index is 3.09. The summed E-state index contributed by atoms with van der Waals surface area (Å²) < 4.78 is 0. The minimum Gasteiger partial charge on any atom is -0.273 e. The van der Waals surface area contributed by atoms with Crippen LogP contribution in [-0.4, -0.2) is 29.3 Å². The Kier molecular flexibility index (Phi) is 2.30. The molecule has 68 valence electrons. The first-order chi connectivity index (χ1) is 6.11. The maximum atomic E-state index is 11.3. The second-order valence-corrected chi connectivity index (χ2v) is 2.36. The number of likely N-dealkylation sites (N-methyl/N-ethyl adjacent to an activating group) is 1. The SMILES string of the molecule is C=C=C1C(=O)NC(=O)N(CC)C1=O. The van der Waals surface area contributed by atoms with Crippen LogP contribution in [0.25, 0.3) is 0 Å². The predicted molar refractivity (Wildman–Crippen MR) is 43.6 cm³/mol. The van der Waals surface area contributed by atoms with Gasteiger partial charge in [0.25, 0.3) is 11.8 Å². The Hall–Kier alpha value is -1.87. The van der Waals surface area contributed by atoms with E-state index in [0.717, 1.165) is 4.90 Å². The van der Waals surface area contributed by atoms with E-state index in [4.69, 9.17) is 0 Å². The van der Waals surface area contributed by atoms with Crippen molar-refractivity contribution >= 4 is 17.8 Å². The van der Waals surface area contributed by atoms with Gasteiger partial charge in [0.15, 0.2) is 0 Å². The molecule has 1 saturated heterocycles. The average molecular weight is 180 g/mol. The van der Waals surface area contributed by atoms with Crippen molar-refractivity contribution in [3.63, 3.8) is 0 Å². The molecule has 1 N–H and O–H groups in total. The van der Waals surface area contributed by atoms with Gasteiger partial charge in [-0.15, -0.1) is 5.73 Å². The second-order valence-electron chi connectivity index (χ2n) is 2.36. The van der Waals surface area contributed by atoms with Crippen LogP contribution in [0.5, 0.6) is 0 Å². The standard InChI is InChI=1S/C8H8N2O3/c1-3-5-6(11)9-8(13)10(4-2)7(5)12/h1,4H2,2H3,(H,9,11,13). The van der Waals surface area contributed by atoms with Crippen LogP contribution in [0.2, 0.25) is 0 Å². The molecule has 0 radical (unpaired) electrons. The first-order valence-corrected chi connectivity index (χ1v) is 3.69. The van der Waals surface area contributed by atoms with Gasteiger partial charge in [0, 0.05) is 6.54 Å². The monoisotopic (exact) mass is 180 g/mol. The third kappa shape index (κ3) is 1.37. The Morgan fingerprint density at radius 3 is 2.54 bits per heavy atom. The molecule has 5 nitrogen and oxygen atoms in total. The molecular weight excluding hydrogens is 172 g/mol. The molecule has 0 bridgehead atoms. The third-order valence-corrected chi connectivity index (χ3v) is 1.64. The van der Waals surface area contributed by atoms with Gasteiger partial charge in [0.2, 0.25) is 0 Å². The molecule has 1 aliphatic heterocycles. The van der Waals surface area contributed by atoms with E-state index in [1.807, 2.05) is 5.32 Å². The highest BCUT2D eigenvalue weighted by Gasteiger charge is 2.34.